The van der Waals surface area contributed by atoms with Crippen LogP contribution in [0.5, 0.6) is 0 Å². The molecule has 0 saturated heterocycles. The fraction of sp³-hybridized carbons (Fsp3) is 0.889. The fourth-order valence-electron chi connectivity index (χ4n) is 2.11. The molecule has 0 bridgehead atoms. The summed E-state index contributed by atoms with van der Waals surface area (Å²) < 4.78 is 5.43. The SMILES string of the molecule is O=C(O)CCO[C@H]1C[C@@H]2C[C@@H]2C1. The Morgan fingerprint density at radius 2 is 2.00 bits per heavy atom. The molecule has 0 heterocycles. The lowest BCUT2D eigenvalue weighted by atomic mass is 10.2. The molecule has 0 aliphatic heterocycles. The van der Waals surface area contributed by atoms with Gasteiger partial charge in [0, 0.05) is 0 Å². The second kappa shape index (κ2) is 3.05. The zero-order valence-electron chi connectivity index (χ0n) is 7.03. The molecule has 1 N–H and O–H groups in total. The van der Waals surface area contributed by atoms with Gasteiger partial charge in [-0.15, -0.1) is 0 Å². The summed E-state index contributed by atoms with van der Waals surface area (Å²) >= 11 is 0. The summed E-state index contributed by atoms with van der Waals surface area (Å²) in [6.07, 6.45) is 4.24. The third-order valence-corrected chi connectivity index (χ3v) is 2.87. The molecular weight excluding hydrogens is 156 g/mol. The Balaban J connectivity index is 1.58. The number of carbonyl (C=O) groups is 1. The minimum atomic E-state index is -0.766. The Morgan fingerprint density at radius 1 is 1.33 bits per heavy atom. The number of carboxylic acid groups (broad SMARTS) is 1. The molecular formula is C9H14O3. The highest BCUT2D eigenvalue weighted by Crippen LogP contribution is 2.52. The molecule has 3 nitrogen and oxygen atoms in total. The van der Waals surface area contributed by atoms with Crippen LogP contribution in [0.1, 0.15) is 25.7 Å². The second-order valence-corrected chi connectivity index (χ2v) is 3.86. The molecule has 0 spiro atoms. The summed E-state index contributed by atoms with van der Waals surface area (Å²) in [6, 6.07) is 0. The van der Waals surface area contributed by atoms with E-state index in [0.717, 1.165) is 11.8 Å². The lowest BCUT2D eigenvalue weighted by molar-refractivity contribution is -0.138. The van der Waals surface area contributed by atoms with E-state index in [2.05, 4.69) is 0 Å². The van der Waals surface area contributed by atoms with Gasteiger partial charge in [-0.2, -0.15) is 0 Å². The minimum absolute atomic E-state index is 0.145. The summed E-state index contributed by atoms with van der Waals surface area (Å²) in [7, 11) is 0. The lowest BCUT2D eigenvalue weighted by Gasteiger charge is -2.11. The number of fused-ring (bicyclic) bond motifs is 1. The molecule has 2 rings (SSSR count). The van der Waals surface area contributed by atoms with Crippen LogP contribution >= 0.6 is 0 Å². The number of rotatable bonds is 4. The zero-order valence-corrected chi connectivity index (χ0v) is 7.03. The standard InChI is InChI=1S/C9H14O3/c10-9(11)1-2-12-8-4-6-3-7(6)5-8/h6-8H,1-5H2,(H,10,11)/t6-,7+,8-. The molecule has 2 aliphatic carbocycles. The molecule has 0 radical (unpaired) electrons. The van der Waals surface area contributed by atoms with Gasteiger partial charge in [-0.1, -0.05) is 0 Å². The third-order valence-electron chi connectivity index (χ3n) is 2.87. The van der Waals surface area contributed by atoms with Crippen LogP contribution in [-0.2, 0) is 9.53 Å². The molecule has 68 valence electrons. The minimum Gasteiger partial charge on any atom is -0.481 e. The highest BCUT2D eigenvalue weighted by molar-refractivity contribution is 5.66. The van der Waals surface area contributed by atoms with Gasteiger partial charge < -0.3 is 9.84 Å². The Hall–Kier alpha value is -0.570. The van der Waals surface area contributed by atoms with Gasteiger partial charge in [0.15, 0.2) is 0 Å². The van der Waals surface area contributed by atoms with Crippen molar-refractivity contribution < 1.29 is 14.6 Å². The molecule has 3 atom stereocenters. The first kappa shape index (κ1) is 8.05. The van der Waals surface area contributed by atoms with E-state index in [1.54, 1.807) is 0 Å². The Morgan fingerprint density at radius 3 is 2.58 bits per heavy atom. The summed E-state index contributed by atoms with van der Waals surface area (Å²) in [4.78, 5) is 10.2. The van der Waals surface area contributed by atoms with E-state index in [0.29, 0.717) is 12.7 Å². The fourth-order valence-corrected chi connectivity index (χ4v) is 2.11. The summed E-state index contributed by atoms with van der Waals surface area (Å²) in [6.45, 7) is 0.388. The average Bonchev–Trinajstić information content (AvgIpc) is 2.59. The zero-order chi connectivity index (χ0) is 8.55. The van der Waals surface area contributed by atoms with Crippen molar-refractivity contribution >= 4 is 5.97 Å². The normalized spacial score (nSPS) is 37.8. The Bertz CT molecular complexity index is 180. The summed E-state index contributed by atoms with van der Waals surface area (Å²) in [5.74, 6) is 1.07. The number of ether oxygens (including phenoxy) is 1. The summed E-state index contributed by atoms with van der Waals surface area (Å²) in [5.41, 5.74) is 0. The van der Waals surface area contributed by atoms with E-state index in [1.807, 2.05) is 0 Å². The van der Waals surface area contributed by atoms with Crippen molar-refractivity contribution in [1.82, 2.24) is 0 Å². The van der Waals surface area contributed by atoms with Crippen LogP contribution in [0.3, 0.4) is 0 Å². The maximum absolute atomic E-state index is 10.2. The topological polar surface area (TPSA) is 46.5 Å². The highest BCUT2D eigenvalue weighted by Gasteiger charge is 2.46. The van der Waals surface area contributed by atoms with Crippen LogP contribution in [0.25, 0.3) is 0 Å². The van der Waals surface area contributed by atoms with Crippen molar-refractivity contribution in [2.45, 2.75) is 31.8 Å². The number of carboxylic acids is 1. The predicted molar refractivity (Wildman–Crippen MR) is 42.8 cm³/mol. The quantitative estimate of drug-likeness (QED) is 0.691. The number of hydrogen-bond acceptors (Lipinski definition) is 2. The van der Waals surface area contributed by atoms with Crippen molar-refractivity contribution in [2.75, 3.05) is 6.61 Å². The van der Waals surface area contributed by atoms with Gasteiger partial charge >= 0.3 is 5.97 Å². The van der Waals surface area contributed by atoms with Gasteiger partial charge in [0.2, 0.25) is 0 Å². The van der Waals surface area contributed by atoms with Gasteiger partial charge in [0.1, 0.15) is 0 Å². The molecule has 0 aromatic heterocycles. The molecule has 0 amide bonds. The van der Waals surface area contributed by atoms with Gasteiger partial charge in [-0.05, 0) is 31.1 Å². The van der Waals surface area contributed by atoms with E-state index in [-0.39, 0.29) is 6.42 Å². The van der Waals surface area contributed by atoms with Crippen LogP contribution in [0.4, 0.5) is 0 Å². The van der Waals surface area contributed by atoms with Crippen molar-refractivity contribution in [2.24, 2.45) is 11.8 Å². The van der Waals surface area contributed by atoms with Gasteiger partial charge in [-0.25, -0.2) is 0 Å². The number of aliphatic carboxylic acids is 1. The third kappa shape index (κ3) is 1.78. The van der Waals surface area contributed by atoms with E-state index < -0.39 is 5.97 Å². The monoisotopic (exact) mass is 170 g/mol. The first-order valence-corrected chi connectivity index (χ1v) is 4.59. The molecule has 0 aromatic rings. The van der Waals surface area contributed by atoms with E-state index in [4.69, 9.17) is 9.84 Å². The average molecular weight is 170 g/mol. The Labute approximate surface area is 71.7 Å². The predicted octanol–water partition coefficient (Wildman–Crippen LogP) is 1.28. The molecule has 0 aromatic carbocycles. The van der Waals surface area contributed by atoms with Crippen molar-refractivity contribution in [3.63, 3.8) is 0 Å². The largest absolute Gasteiger partial charge is 0.481 e. The van der Waals surface area contributed by atoms with E-state index >= 15 is 0 Å². The molecule has 3 heteroatoms. The smallest absolute Gasteiger partial charge is 0.305 e. The maximum atomic E-state index is 10.2. The van der Waals surface area contributed by atoms with Gasteiger partial charge in [0.25, 0.3) is 0 Å². The molecule has 12 heavy (non-hydrogen) atoms. The lowest BCUT2D eigenvalue weighted by Crippen LogP contribution is -2.13. The van der Waals surface area contributed by atoms with Gasteiger partial charge in [-0.3, -0.25) is 4.79 Å². The van der Waals surface area contributed by atoms with Crippen molar-refractivity contribution in [3.8, 4) is 0 Å². The molecule has 2 aliphatic rings. The second-order valence-electron chi connectivity index (χ2n) is 3.86. The molecule has 0 unspecified atom stereocenters. The van der Waals surface area contributed by atoms with Crippen LogP contribution in [0.2, 0.25) is 0 Å². The molecule has 2 fully saturated rings. The first-order valence-electron chi connectivity index (χ1n) is 4.59. The van der Waals surface area contributed by atoms with Crippen LogP contribution in [0, 0.1) is 11.8 Å². The highest BCUT2D eigenvalue weighted by atomic mass is 16.5. The Kier molecular flexibility index (Phi) is 2.05. The first-order chi connectivity index (χ1) is 5.75. The van der Waals surface area contributed by atoms with Crippen molar-refractivity contribution in [1.29, 1.82) is 0 Å². The van der Waals surface area contributed by atoms with E-state index in [9.17, 15) is 4.79 Å². The number of hydrogen-bond donors (Lipinski definition) is 1. The van der Waals surface area contributed by atoms with Gasteiger partial charge in [0.05, 0.1) is 19.1 Å². The molecule has 2 saturated carbocycles. The summed E-state index contributed by atoms with van der Waals surface area (Å²) in [5, 5.41) is 8.37. The van der Waals surface area contributed by atoms with Crippen LogP contribution in [-0.4, -0.2) is 23.8 Å². The van der Waals surface area contributed by atoms with Crippen LogP contribution < -0.4 is 0 Å². The van der Waals surface area contributed by atoms with Crippen molar-refractivity contribution in [3.05, 3.63) is 0 Å². The maximum Gasteiger partial charge on any atom is 0.305 e. The van der Waals surface area contributed by atoms with Crippen LogP contribution in [0.15, 0.2) is 0 Å². The van der Waals surface area contributed by atoms with E-state index in [1.165, 1.54) is 19.3 Å².